The standard InChI is InChI=1S/C24H19N3O4/c1-13-2-8-17(11-21(13)28)26-12-19-18-9-7-16(10-20(18)27-24(19)31)22(29)14-3-5-15(6-4-14)23(25)30/h2-12,26,28H,1H3,(H2,25,30)(H,27,31). The molecule has 7 nitrogen and oxygen atoms in total. The van der Waals surface area contributed by atoms with Crippen LogP contribution in [0.15, 0.2) is 66.9 Å². The molecule has 3 aromatic rings. The van der Waals surface area contributed by atoms with Gasteiger partial charge in [-0.3, -0.25) is 14.4 Å². The predicted octanol–water partition coefficient (Wildman–Crippen LogP) is 3.44. The number of ketones is 1. The Kier molecular flexibility index (Phi) is 5.00. The number of aromatic hydroxyl groups is 1. The fraction of sp³-hybridized carbons (Fsp3) is 0.0417. The van der Waals surface area contributed by atoms with Gasteiger partial charge in [0.05, 0.1) is 5.57 Å². The molecule has 4 rings (SSSR count). The Hall–Kier alpha value is -4.39. The van der Waals surface area contributed by atoms with Gasteiger partial charge in [0.15, 0.2) is 5.78 Å². The summed E-state index contributed by atoms with van der Waals surface area (Å²) in [6.07, 6.45) is 1.56. The molecule has 0 saturated heterocycles. The van der Waals surface area contributed by atoms with Gasteiger partial charge in [0.2, 0.25) is 5.91 Å². The number of nitrogens with one attached hydrogen (secondary N) is 2. The molecular weight excluding hydrogens is 394 g/mol. The number of rotatable bonds is 5. The fourth-order valence-electron chi connectivity index (χ4n) is 3.29. The summed E-state index contributed by atoms with van der Waals surface area (Å²) in [6.45, 7) is 1.79. The molecule has 31 heavy (non-hydrogen) atoms. The van der Waals surface area contributed by atoms with E-state index in [9.17, 15) is 19.5 Å². The first-order valence-electron chi connectivity index (χ1n) is 9.50. The number of fused-ring (bicyclic) bond motifs is 1. The summed E-state index contributed by atoms with van der Waals surface area (Å²) in [6, 6.07) is 16.2. The summed E-state index contributed by atoms with van der Waals surface area (Å²) < 4.78 is 0. The van der Waals surface area contributed by atoms with Crippen LogP contribution < -0.4 is 16.4 Å². The monoisotopic (exact) mass is 413 g/mol. The van der Waals surface area contributed by atoms with Crippen LogP contribution >= 0.6 is 0 Å². The Morgan fingerprint density at radius 2 is 1.65 bits per heavy atom. The highest BCUT2D eigenvalue weighted by molar-refractivity contribution is 6.32. The molecule has 1 heterocycles. The third kappa shape index (κ3) is 3.89. The number of phenols is 1. The van der Waals surface area contributed by atoms with E-state index in [1.54, 1.807) is 61.7 Å². The summed E-state index contributed by atoms with van der Waals surface area (Å²) in [4.78, 5) is 36.4. The highest BCUT2D eigenvalue weighted by atomic mass is 16.3. The van der Waals surface area contributed by atoms with Crippen LogP contribution in [-0.2, 0) is 4.79 Å². The quantitative estimate of drug-likeness (QED) is 0.377. The molecule has 0 atom stereocenters. The van der Waals surface area contributed by atoms with Crippen molar-refractivity contribution in [3.05, 3.63) is 94.7 Å². The van der Waals surface area contributed by atoms with Crippen LogP contribution in [0.1, 0.15) is 37.4 Å². The van der Waals surface area contributed by atoms with Gasteiger partial charge in [-0.15, -0.1) is 0 Å². The second kappa shape index (κ2) is 7.79. The summed E-state index contributed by atoms with van der Waals surface area (Å²) in [5.74, 6) is -0.937. The summed E-state index contributed by atoms with van der Waals surface area (Å²) in [5.41, 5.74) is 9.37. The number of primary amides is 1. The molecule has 0 radical (unpaired) electrons. The van der Waals surface area contributed by atoms with Crippen molar-refractivity contribution < 1.29 is 19.5 Å². The van der Waals surface area contributed by atoms with Gasteiger partial charge in [0.25, 0.3) is 5.91 Å². The maximum atomic E-state index is 12.8. The van der Waals surface area contributed by atoms with E-state index in [1.165, 1.54) is 12.1 Å². The Balaban J connectivity index is 1.58. The largest absolute Gasteiger partial charge is 0.508 e. The minimum absolute atomic E-state index is 0.159. The molecule has 5 N–H and O–H groups in total. The third-order valence-electron chi connectivity index (χ3n) is 5.09. The number of benzene rings is 3. The van der Waals surface area contributed by atoms with Crippen LogP contribution in [-0.4, -0.2) is 22.7 Å². The molecule has 1 aliphatic heterocycles. The molecule has 0 unspecified atom stereocenters. The lowest BCUT2D eigenvalue weighted by Gasteiger charge is -2.06. The number of hydrogen-bond donors (Lipinski definition) is 4. The summed E-state index contributed by atoms with van der Waals surface area (Å²) in [7, 11) is 0. The molecule has 0 aromatic heterocycles. The molecule has 0 aliphatic carbocycles. The molecule has 154 valence electrons. The zero-order chi connectivity index (χ0) is 22.1. The Bertz CT molecular complexity index is 1260. The topological polar surface area (TPSA) is 122 Å². The summed E-state index contributed by atoms with van der Waals surface area (Å²) >= 11 is 0. The minimum atomic E-state index is -0.562. The van der Waals surface area contributed by atoms with E-state index < -0.39 is 5.91 Å². The zero-order valence-corrected chi connectivity index (χ0v) is 16.6. The van der Waals surface area contributed by atoms with E-state index in [1.807, 2.05) is 0 Å². The first-order chi connectivity index (χ1) is 14.8. The summed E-state index contributed by atoms with van der Waals surface area (Å²) in [5, 5.41) is 15.6. The second-order valence-electron chi connectivity index (χ2n) is 7.19. The SMILES string of the molecule is Cc1ccc(NC=C2C(=O)Nc3cc(C(=O)c4ccc(C(N)=O)cc4)ccc32)cc1O. The first kappa shape index (κ1) is 19.9. The maximum absolute atomic E-state index is 12.8. The van der Waals surface area contributed by atoms with Gasteiger partial charge >= 0.3 is 0 Å². The van der Waals surface area contributed by atoms with Crippen molar-refractivity contribution in [3.63, 3.8) is 0 Å². The van der Waals surface area contributed by atoms with E-state index in [0.717, 1.165) is 5.56 Å². The van der Waals surface area contributed by atoms with Crippen LogP contribution in [0.2, 0.25) is 0 Å². The van der Waals surface area contributed by atoms with Crippen molar-refractivity contribution in [1.82, 2.24) is 0 Å². The highest BCUT2D eigenvalue weighted by Gasteiger charge is 2.25. The number of carbonyl (C=O) groups is 3. The van der Waals surface area contributed by atoms with Gasteiger partial charge in [0.1, 0.15) is 5.75 Å². The Morgan fingerprint density at radius 3 is 2.32 bits per heavy atom. The van der Waals surface area contributed by atoms with Gasteiger partial charge in [-0.2, -0.15) is 0 Å². The van der Waals surface area contributed by atoms with Crippen molar-refractivity contribution in [2.24, 2.45) is 5.73 Å². The number of phenolic OH excluding ortho intramolecular Hbond substituents is 1. The molecule has 7 heteroatoms. The van der Waals surface area contributed by atoms with Gasteiger partial charge in [0, 0.05) is 45.9 Å². The Morgan fingerprint density at radius 1 is 0.968 bits per heavy atom. The normalized spacial score (nSPS) is 13.6. The number of hydrogen-bond acceptors (Lipinski definition) is 5. The number of anilines is 2. The first-order valence-corrected chi connectivity index (χ1v) is 9.50. The van der Waals surface area contributed by atoms with Gasteiger partial charge in [-0.1, -0.05) is 30.3 Å². The maximum Gasteiger partial charge on any atom is 0.257 e. The molecule has 0 fully saturated rings. The average Bonchev–Trinajstić information content (AvgIpc) is 3.08. The Labute approximate surface area is 178 Å². The van der Waals surface area contributed by atoms with E-state index in [4.69, 9.17) is 5.73 Å². The lowest BCUT2D eigenvalue weighted by molar-refractivity contribution is -0.110. The number of nitrogens with two attached hydrogens (primary N) is 1. The van der Waals surface area contributed by atoms with Crippen molar-refractivity contribution >= 4 is 34.5 Å². The second-order valence-corrected chi connectivity index (χ2v) is 7.19. The van der Waals surface area contributed by atoms with Gasteiger partial charge < -0.3 is 21.5 Å². The van der Waals surface area contributed by atoms with Crippen LogP contribution in [0, 0.1) is 6.92 Å². The predicted molar refractivity (Wildman–Crippen MR) is 118 cm³/mol. The fourth-order valence-corrected chi connectivity index (χ4v) is 3.29. The average molecular weight is 413 g/mol. The molecule has 0 saturated carbocycles. The minimum Gasteiger partial charge on any atom is -0.508 e. The number of amides is 2. The molecule has 0 spiro atoms. The third-order valence-corrected chi connectivity index (χ3v) is 5.09. The van der Waals surface area contributed by atoms with E-state index in [0.29, 0.717) is 39.2 Å². The van der Waals surface area contributed by atoms with Crippen molar-refractivity contribution in [3.8, 4) is 5.75 Å². The van der Waals surface area contributed by atoms with Crippen LogP contribution in [0.3, 0.4) is 0 Å². The van der Waals surface area contributed by atoms with Crippen LogP contribution in [0.4, 0.5) is 11.4 Å². The molecule has 0 bridgehead atoms. The van der Waals surface area contributed by atoms with Gasteiger partial charge in [-0.25, -0.2) is 0 Å². The lowest BCUT2D eigenvalue weighted by atomic mass is 9.99. The molecule has 2 amide bonds. The molecular formula is C24H19N3O4. The van der Waals surface area contributed by atoms with E-state index in [-0.39, 0.29) is 17.4 Å². The lowest BCUT2D eigenvalue weighted by Crippen LogP contribution is -2.11. The molecule has 3 aromatic carbocycles. The van der Waals surface area contributed by atoms with E-state index in [2.05, 4.69) is 10.6 Å². The number of aryl methyl sites for hydroxylation is 1. The van der Waals surface area contributed by atoms with E-state index >= 15 is 0 Å². The highest BCUT2D eigenvalue weighted by Crippen LogP contribution is 2.33. The van der Waals surface area contributed by atoms with Gasteiger partial charge in [-0.05, 0) is 36.8 Å². The van der Waals surface area contributed by atoms with Crippen molar-refractivity contribution in [2.75, 3.05) is 10.6 Å². The van der Waals surface area contributed by atoms with Crippen molar-refractivity contribution in [1.29, 1.82) is 0 Å². The van der Waals surface area contributed by atoms with Crippen LogP contribution in [0.5, 0.6) is 5.75 Å². The number of carbonyl (C=O) groups excluding carboxylic acids is 3. The van der Waals surface area contributed by atoms with Crippen molar-refractivity contribution in [2.45, 2.75) is 6.92 Å². The zero-order valence-electron chi connectivity index (χ0n) is 16.6. The smallest absolute Gasteiger partial charge is 0.257 e. The van der Waals surface area contributed by atoms with Crippen LogP contribution in [0.25, 0.3) is 5.57 Å². The molecule has 1 aliphatic rings.